The van der Waals surface area contributed by atoms with E-state index in [1.54, 1.807) is 31.3 Å². The molecule has 0 spiro atoms. The van der Waals surface area contributed by atoms with Crippen molar-refractivity contribution in [3.63, 3.8) is 0 Å². The van der Waals surface area contributed by atoms with E-state index in [0.29, 0.717) is 29.8 Å². The zero-order valence-corrected chi connectivity index (χ0v) is 19.3. The molecule has 2 aromatic rings. The Bertz CT molecular complexity index is 1090. The lowest BCUT2D eigenvalue weighted by Gasteiger charge is -2.70. The number of benzene rings is 2. The predicted octanol–water partition coefficient (Wildman–Crippen LogP) is 3.19. The first kappa shape index (κ1) is 23.3. The quantitative estimate of drug-likeness (QED) is 0.590. The molecule has 3 saturated carbocycles. The van der Waals surface area contributed by atoms with Crippen LogP contribution in [0.25, 0.3) is 0 Å². The minimum Gasteiger partial charge on any atom is -0.484 e. The summed E-state index contributed by atoms with van der Waals surface area (Å²) in [6.07, 6.45) is 1.84. The molecular formula is C23H22Cl2FN3O4. The number of nitrogens with one attached hydrogen (secondary N) is 2. The number of nitrogens with zero attached hydrogens (tertiary/aromatic N) is 1. The number of hydrogen-bond donors (Lipinski definition) is 2. The van der Waals surface area contributed by atoms with E-state index < -0.39 is 5.82 Å². The standard InChI is InChI=1S/C23H22Cl2FN3O4/c1-29(21(32)14-2-4-15(24)5-3-14)9-19(30)27-22-11-23(12-22,13-22)28-20(31)10-33-16-6-7-17(25)18(26)8-16/h2-8H,9-13H2,1H3,(H,27,30)(H,28,31). The molecule has 174 valence electrons. The second kappa shape index (κ2) is 8.83. The van der Waals surface area contributed by atoms with Crippen molar-refractivity contribution in [1.82, 2.24) is 15.5 Å². The van der Waals surface area contributed by atoms with E-state index in [2.05, 4.69) is 10.6 Å². The fraction of sp³-hybridized carbons (Fsp3) is 0.348. The molecule has 2 bridgehead atoms. The second-order valence-electron chi connectivity index (χ2n) is 8.72. The predicted molar refractivity (Wildman–Crippen MR) is 121 cm³/mol. The van der Waals surface area contributed by atoms with Crippen LogP contribution in [0.5, 0.6) is 5.75 Å². The Morgan fingerprint density at radius 2 is 1.61 bits per heavy atom. The van der Waals surface area contributed by atoms with Gasteiger partial charge in [-0.15, -0.1) is 0 Å². The molecule has 0 aliphatic heterocycles. The highest BCUT2D eigenvalue weighted by Crippen LogP contribution is 2.60. The van der Waals surface area contributed by atoms with Crippen molar-refractivity contribution in [3.05, 3.63) is 63.9 Å². The van der Waals surface area contributed by atoms with Gasteiger partial charge < -0.3 is 20.3 Å². The second-order valence-corrected chi connectivity index (χ2v) is 9.56. The highest BCUT2D eigenvalue weighted by Gasteiger charge is 2.69. The van der Waals surface area contributed by atoms with Gasteiger partial charge in [-0.1, -0.05) is 23.2 Å². The lowest BCUT2D eigenvalue weighted by atomic mass is 9.44. The van der Waals surface area contributed by atoms with Crippen molar-refractivity contribution >= 4 is 40.9 Å². The first-order valence-corrected chi connectivity index (χ1v) is 11.1. The number of rotatable bonds is 8. The maximum absolute atomic E-state index is 13.4. The fourth-order valence-electron chi connectivity index (χ4n) is 4.54. The molecule has 10 heteroatoms. The van der Waals surface area contributed by atoms with E-state index in [1.807, 2.05) is 0 Å². The van der Waals surface area contributed by atoms with E-state index in [-0.39, 0.29) is 52.7 Å². The largest absolute Gasteiger partial charge is 0.484 e. The summed E-state index contributed by atoms with van der Waals surface area (Å²) in [5.41, 5.74) is -0.260. The van der Waals surface area contributed by atoms with E-state index in [4.69, 9.17) is 27.9 Å². The highest BCUT2D eigenvalue weighted by atomic mass is 35.5. The Balaban J connectivity index is 1.19. The molecule has 0 atom stereocenters. The third kappa shape index (κ3) is 5.07. The van der Waals surface area contributed by atoms with Gasteiger partial charge in [0.1, 0.15) is 11.6 Å². The number of carbonyl (C=O) groups excluding carboxylic acids is 3. The van der Waals surface area contributed by atoms with E-state index in [1.165, 1.54) is 17.0 Å². The van der Waals surface area contributed by atoms with Crippen LogP contribution in [0.1, 0.15) is 29.6 Å². The molecule has 2 aromatic carbocycles. The van der Waals surface area contributed by atoms with Crippen LogP contribution in [-0.2, 0) is 9.59 Å². The summed E-state index contributed by atoms with van der Waals surface area (Å²) in [5.74, 6) is -1.26. The average Bonchev–Trinajstić information content (AvgIpc) is 2.72. The Hall–Kier alpha value is -2.84. The summed E-state index contributed by atoms with van der Waals surface area (Å²) in [6.45, 7) is -0.326. The van der Waals surface area contributed by atoms with Crippen LogP contribution < -0.4 is 15.4 Å². The monoisotopic (exact) mass is 493 g/mol. The van der Waals surface area contributed by atoms with Crippen LogP contribution in [0.2, 0.25) is 10.0 Å². The lowest BCUT2D eigenvalue weighted by Crippen LogP contribution is -2.84. The molecule has 3 aliphatic rings. The number of ether oxygens (including phenoxy) is 1. The van der Waals surface area contributed by atoms with Gasteiger partial charge in [0.15, 0.2) is 6.61 Å². The molecule has 2 N–H and O–H groups in total. The van der Waals surface area contributed by atoms with Gasteiger partial charge in [0.2, 0.25) is 5.91 Å². The maximum Gasteiger partial charge on any atom is 0.258 e. The summed E-state index contributed by atoms with van der Waals surface area (Å²) in [4.78, 5) is 38.4. The van der Waals surface area contributed by atoms with E-state index in [0.717, 1.165) is 6.07 Å². The molecule has 33 heavy (non-hydrogen) atoms. The number of halogens is 3. The first-order valence-electron chi connectivity index (χ1n) is 10.3. The Labute approximate surface area is 200 Å². The molecule has 5 rings (SSSR count). The molecular weight excluding hydrogens is 472 g/mol. The van der Waals surface area contributed by atoms with Gasteiger partial charge in [0.05, 0.1) is 11.6 Å². The van der Waals surface area contributed by atoms with E-state index >= 15 is 0 Å². The Morgan fingerprint density at radius 1 is 1.00 bits per heavy atom. The maximum atomic E-state index is 13.4. The van der Waals surface area contributed by atoms with Crippen LogP contribution >= 0.6 is 23.2 Å². The first-order chi connectivity index (χ1) is 15.6. The highest BCUT2D eigenvalue weighted by molar-refractivity contribution is 6.31. The fourth-order valence-corrected chi connectivity index (χ4v) is 4.78. The van der Waals surface area contributed by atoms with Gasteiger partial charge in [-0.3, -0.25) is 14.4 Å². The van der Waals surface area contributed by atoms with Crippen LogP contribution in [0.15, 0.2) is 42.5 Å². The van der Waals surface area contributed by atoms with Gasteiger partial charge in [-0.25, -0.2) is 4.39 Å². The normalized spacial score (nSPS) is 22.4. The Kier molecular flexibility index (Phi) is 6.24. The smallest absolute Gasteiger partial charge is 0.258 e. The van der Waals surface area contributed by atoms with Crippen LogP contribution in [-0.4, -0.2) is 53.9 Å². The number of amides is 3. The van der Waals surface area contributed by atoms with Crippen molar-refractivity contribution in [2.75, 3.05) is 20.2 Å². The number of hydrogen-bond acceptors (Lipinski definition) is 4. The van der Waals surface area contributed by atoms with Crippen LogP contribution in [0.3, 0.4) is 0 Å². The van der Waals surface area contributed by atoms with Crippen molar-refractivity contribution in [2.45, 2.75) is 30.3 Å². The van der Waals surface area contributed by atoms with Gasteiger partial charge in [0.25, 0.3) is 11.8 Å². The molecule has 0 unspecified atom stereocenters. The number of likely N-dealkylation sites (N-methyl/N-ethyl adjacent to an activating group) is 1. The van der Waals surface area contributed by atoms with E-state index in [9.17, 15) is 18.8 Å². The summed E-state index contributed by atoms with van der Waals surface area (Å²) in [6, 6.07) is 10.4. The summed E-state index contributed by atoms with van der Waals surface area (Å²) in [5, 5.41) is 6.42. The van der Waals surface area contributed by atoms with Gasteiger partial charge in [-0.05, 0) is 55.7 Å². The summed E-state index contributed by atoms with van der Waals surface area (Å²) in [7, 11) is 1.56. The molecule has 0 heterocycles. The zero-order chi connectivity index (χ0) is 23.8. The van der Waals surface area contributed by atoms with Gasteiger partial charge in [0, 0.05) is 34.8 Å². The summed E-state index contributed by atoms with van der Waals surface area (Å²) < 4.78 is 18.8. The molecule has 3 amide bonds. The van der Waals surface area contributed by atoms with Gasteiger partial charge in [-0.2, -0.15) is 0 Å². The lowest BCUT2D eigenvalue weighted by molar-refractivity contribution is -0.150. The minimum absolute atomic E-state index is 0.0199. The van der Waals surface area contributed by atoms with Gasteiger partial charge >= 0.3 is 0 Å². The van der Waals surface area contributed by atoms with Crippen molar-refractivity contribution in [2.24, 2.45) is 0 Å². The molecule has 0 saturated heterocycles. The zero-order valence-electron chi connectivity index (χ0n) is 17.8. The topological polar surface area (TPSA) is 87.7 Å². The minimum atomic E-state index is -0.618. The molecule has 7 nitrogen and oxygen atoms in total. The molecule has 0 radical (unpaired) electrons. The SMILES string of the molecule is CN(CC(=O)NC12CC(NC(=O)COc3ccc(Cl)c(F)c3)(C1)C2)C(=O)c1ccc(Cl)cc1. The molecule has 0 aromatic heterocycles. The number of carbonyl (C=O) groups is 3. The van der Waals surface area contributed by atoms with Crippen molar-refractivity contribution in [3.8, 4) is 5.75 Å². The third-order valence-corrected chi connectivity index (χ3v) is 6.48. The van der Waals surface area contributed by atoms with Crippen molar-refractivity contribution in [1.29, 1.82) is 0 Å². The Morgan fingerprint density at radius 3 is 2.21 bits per heavy atom. The molecule has 3 fully saturated rings. The average molecular weight is 494 g/mol. The third-order valence-electron chi connectivity index (χ3n) is 5.92. The molecule has 3 aliphatic carbocycles. The van der Waals surface area contributed by atoms with Crippen LogP contribution in [0, 0.1) is 5.82 Å². The summed E-state index contributed by atoms with van der Waals surface area (Å²) >= 11 is 11.5. The van der Waals surface area contributed by atoms with Crippen LogP contribution in [0.4, 0.5) is 4.39 Å². The van der Waals surface area contributed by atoms with Crippen molar-refractivity contribution < 1.29 is 23.5 Å².